The first-order valence-electron chi connectivity index (χ1n) is 7.44. The quantitative estimate of drug-likeness (QED) is 0.868. The minimum absolute atomic E-state index is 0.0534. The van der Waals surface area contributed by atoms with Crippen LogP contribution in [0.15, 0.2) is 18.2 Å². The summed E-state index contributed by atoms with van der Waals surface area (Å²) in [5.41, 5.74) is 4.26. The first-order chi connectivity index (χ1) is 9.22. The van der Waals surface area contributed by atoms with E-state index < -0.39 is 0 Å². The van der Waals surface area contributed by atoms with Crippen LogP contribution in [0.1, 0.15) is 30.4 Å². The van der Waals surface area contributed by atoms with Gasteiger partial charge in [0.15, 0.2) is 0 Å². The van der Waals surface area contributed by atoms with Crippen molar-refractivity contribution in [3.05, 3.63) is 29.3 Å². The summed E-state index contributed by atoms with van der Waals surface area (Å²) in [5, 5.41) is 13.1. The minimum Gasteiger partial charge on any atom is -0.393 e. The number of hydrogen-bond donors (Lipinski definition) is 2. The van der Waals surface area contributed by atoms with Gasteiger partial charge in [0.05, 0.1) is 6.10 Å². The second-order valence-corrected chi connectivity index (χ2v) is 6.10. The zero-order chi connectivity index (χ0) is 13.2. The van der Waals surface area contributed by atoms with Gasteiger partial charge >= 0.3 is 0 Å². The molecule has 1 aliphatic carbocycles. The van der Waals surface area contributed by atoms with Gasteiger partial charge in [-0.2, -0.15) is 0 Å². The Morgan fingerprint density at radius 3 is 3.05 bits per heavy atom. The van der Waals surface area contributed by atoms with Gasteiger partial charge < -0.3 is 15.3 Å². The van der Waals surface area contributed by atoms with Crippen molar-refractivity contribution in [3.63, 3.8) is 0 Å². The Morgan fingerprint density at radius 2 is 2.26 bits per heavy atom. The second-order valence-electron chi connectivity index (χ2n) is 6.10. The number of benzene rings is 1. The maximum Gasteiger partial charge on any atom is 0.0543 e. The number of nitrogens with zero attached hydrogens (tertiary/aromatic N) is 1. The van der Waals surface area contributed by atoms with Crippen LogP contribution in [0.2, 0.25) is 0 Å². The monoisotopic (exact) mass is 260 g/mol. The van der Waals surface area contributed by atoms with E-state index in [1.807, 2.05) is 0 Å². The van der Waals surface area contributed by atoms with Gasteiger partial charge in [-0.1, -0.05) is 12.1 Å². The van der Waals surface area contributed by atoms with E-state index in [4.69, 9.17) is 0 Å². The fraction of sp³-hybridized carbons (Fsp3) is 0.625. The van der Waals surface area contributed by atoms with Gasteiger partial charge in [-0.15, -0.1) is 0 Å². The lowest BCUT2D eigenvalue weighted by Crippen LogP contribution is -2.21. The Morgan fingerprint density at radius 1 is 1.37 bits per heavy atom. The van der Waals surface area contributed by atoms with Crippen molar-refractivity contribution in [3.8, 4) is 0 Å². The van der Waals surface area contributed by atoms with Crippen LogP contribution in [-0.2, 0) is 13.0 Å². The van der Waals surface area contributed by atoms with E-state index in [2.05, 4.69) is 35.5 Å². The van der Waals surface area contributed by atoms with Crippen molar-refractivity contribution in [1.82, 2.24) is 5.32 Å². The predicted molar refractivity (Wildman–Crippen MR) is 78.5 cm³/mol. The number of aliphatic hydroxyl groups is 1. The Bertz CT molecular complexity index is 446. The number of anilines is 1. The Kier molecular flexibility index (Phi) is 3.76. The summed E-state index contributed by atoms with van der Waals surface area (Å²) in [6.45, 7) is 3.13. The highest BCUT2D eigenvalue weighted by molar-refractivity contribution is 5.58. The van der Waals surface area contributed by atoms with Gasteiger partial charge in [-0.25, -0.2) is 0 Å². The summed E-state index contributed by atoms with van der Waals surface area (Å²) in [7, 11) is 2.16. The van der Waals surface area contributed by atoms with Crippen LogP contribution < -0.4 is 10.2 Å². The van der Waals surface area contributed by atoms with Gasteiger partial charge in [-0.3, -0.25) is 0 Å². The van der Waals surface area contributed by atoms with Crippen molar-refractivity contribution in [2.75, 3.05) is 25.0 Å². The molecule has 1 fully saturated rings. The topological polar surface area (TPSA) is 35.5 Å². The van der Waals surface area contributed by atoms with E-state index in [1.54, 1.807) is 0 Å². The molecule has 19 heavy (non-hydrogen) atoms. The zero-order valence-corrected chi connectivity index (χ0v) is 11.7. The largest absolute Gasteiger partial charge is 0.393 e. The molecule has 104 valence electrons. The molecule has 1 aromatic rings. The van der Waals surface area contributed by atoms with E-state index in [0.29, 0.717) is 5.92 Å². The average molecular weight is 260 g/mol. The third-order valence-electron chi connectivity index (χ3n) is 4.55. The highest BCUT2D eigenvalue weighted by atomic mass is 16.3. The Labute approximate surface area is 115 Å². The van der Waals surface area contributed by atoms with Crippen LogP contribution in [0.5, 0.6) is 0 Å². The summed E-state index contributed by atoms with van der Waals surface area (Å²) in [4.78, 5) is 2.33. The molecule has 2 atom stereocenters. The molecule has 0 amide bonds. The van der Waals surface area contributed by atoms with Crippen molar-refractivity contribution >= 4 is 5.69 Å². The highest BCUT2D eigenvalue weighted by Crippen LogP contribution is 2.27. The van der Waals surface area contributed by atoms with E-state index in [0.717, 1.165) is 32.5 Å². The van der Waals surface area contributed by atoms with E-state index in [-0.39, 0.29) is 6.10 Å². The summed E-state index contributed by atoms with van der Waals surface area (Å²) in [6.07, 6.45) is 4.25. The molecule has 3 heteroatoms. The van der Waals surface area contributed by atoms with Crippen molar-refractivity contribution in [2.24, 2.45) is 5.92 Å². The molecule has 0 saturated heterocycles. The molecule has 0 aromatic heterocycles. The lowest BCUT2D eigenvalue weighted by atomic mass is 10.1. The van der Waals surface area contributed by atoms with Crippen LogP contribution >= 0.6 is 0 Å². The van der Waals surface area contributed by atoms with Gasteiger partial charge in [0.2, 0.25) is 0 Å². The van der Waals surface area contributed by atoms with Crippen LogP contribution in [0.4, 0.5) is 5.69 Å². The third kappa shape index (κ3) is 2.93. The van der Waals surface area contributed by atoms with Gasteiger partial charge in [0.25, 0.3) is 0 Å². The summed E-state index contributed by atoms with van der Waals surface area (Å²) < 4.78 is 0. The number of hydrogen-bond acceptors (Lipinski definition) is 3. The lowest BCUT2D eigenvalue weighted by Gasteiger charge is -2.13. The molecule has 1 aromatic carbocycles. The van der Waals surface area contributed by atoms with E-state index in [1.165, 1.54) is 29.7 Å². The van der Waals surface area contributed by atoms with Crippen molar-refractivity contribution in [1.29, 1.82) is 0 Å². The molecular weight excluding hydrogens is 236 g/mol. The van der Waals surface area contributed by atoms with E-state index in [9.17, 15) is 5.11 Å². The average Bonchev–Trinajstić information content (AvgIpc) is 2.97. The van der Waals surface area contributed by atoms with Crippen LogP contribution in [0.3, 0.4) is 0 Å². The zero-order valence-electron chi connectivity index (χ0n) is 11.7. The fourth-order valence-corrected chi connectivity index (χ4v) is 3.38. The minimum atomic E-state index is -0.0534. The lowest BCUT2D eigenvalue weighted by molar-refractivity contribution is 0.177. The van der Waals surface area contributed by atoms with Crippen molar-refractivity contribution < 1.29 is 5.11 Å². The molecule has 2 N–H and O–H groups in total. The normalized spacial score (nSPS) is 25.9. The second kappa shape index (κ2) is 5.51. The molecule has 0 radical (unpaired) electrons. The SMILES string of the molecule is CN1CCc2cc(CNCC3CCC(O)C3)ccc21. The van der Waals surface area contributed by atoms with Crippen molar-refractivity contribution in [2.45, 2.75) is 38.3 Å². The third-order valence-corrected chi connectivity index (χ3v) is 4.55. The number of fused-ring (bicyclic) bond motifs is 1. The van der Waals surface area contributed by atoms with Gasteiger partial charge in [0.1, 0.15) is 0 Å². The maximum atomic E-state index is 9.51. The first-order valence-corrected chi connectivity index (χ1v) is 7.44. The molecular formula is C16H24N2O. The predicted octanol–water partition coefficient (Wildman–Crippen LogP) is 1.93. The fourth-order valence-electron chi connectivity index (χ4n) is 3.38. The molecule has 0 spiro atoms. The molecule has 1 heterocycles. The molecule has 1 aliphatic heterocycles. The smallest absolute Gasteiger partial charge is 0.0543 e. The molecule has 3 nitrogen and oxygen atoms in total. The number of aliphatic hydroxyl groups excluding tert-OH is 1. The molecule has 1 saturated carbocycles. The standard InChI is InChI=1S/C16H24N2O/c1-18-7-6-14-8-12(3-5-16(14)18)10-17-11-13-2-4-15(19)9-13/h3,5,8,13,15,17,19H,2,4,6-7,9-11H2,1H3. The molecule has 2 aliphatic rings. The highest BCUT2D eigenvalue weighted by Gasteiger charge is 2.22. The summed E-state index contributed by atoms with van der Waals surface area (Å²) in [6, 6.07) is 6.82. The van der Waals surface area contributed by atoms with Crippen LogP contribution in [-0.4, -0.2) is 31.3 Å². The molecule has 3 rings (SSSR count). The number of rotatable bonds is 4. The first kappa shape index (κ1) is 12.9. The summed E-state index contributed by atoms with van der Waals surface area (Å²) in [5.74, 6) is 0.663. The molecule has 0 bridgehead atoms. The molecule has 2 unspecified atom stereocenters. The van der Waals surface area contributed by atoms with Crippen LogP contribution in [0.25, 0.3) is 0 Å². The Hall–Kier alpha value is -1.06. The van der Waals surface area contributed by atoms with Crippen LogP contribution in [0, 0.1) is 5.92 Å². The number of likely N-dealkylation sites (N-methyl/N-ethyl adjacent to an activating group) is 1. The number of nitrogens with one attached hydrogen (secondary N) is 1. The Balaban J connectivity index is 1.51. The summed E-state index contributed by atoms with van der Waals surface area (Å²) >= 11 is 0. The van der Waals surface area contributed by atoms with Gasteiger partial charge in [-0.05, 0) is 55.3 Å². The van der Waals surface area contributed by atoms with E-state index >= 15 is 0 Å². The van der Waals surface area contributed by atoms with Gasteiger partial charge in [0, 0.05) is 25.8 Å². The maximum absolute atomic E-state index is 9.51.